The van der Waals surface area contributed by atoms with Gasteiger partial charge in [-0.3, -0.25) is 0 Å². The van der Waals surface area contributed by atoms with Gasteiger partial charge in [0.25, 0.3) is 0 Å². The molecule has 1 aromatic carbocycles. The van der Waals surface area contributed by atoms with E-state index in [9.17, 15) is 0 Å². The summed E-state index contributed by atoms with van der Waals surface area (Å²) >= 11 is 0. The summed E-state index contributed by atoms with van der Waals surface area (Å²) in [5.74, 6) is 0.898. The van der Waals surface area contributed by atoms with Crippen molar-refractivity contribution in [1.29, 1.82) is 0 Å². The van der Waals surface area contributed by atoms with E-state index in [-0.39, 0.29) is 0 Å². The van der Waals surface area contributed by atoms with Crippen LogP contribution in [0.25, 0.3) is 0 Å². The molecule has 0 aromatic heterocycles. The van der Waals surface area contributed by atoms with E-state index in [1.54, 1.807) is 14.2 Å². The van der Waals surface area contributed by atoms with Crippen LogP contribution in [0.1, 0.15) is 57.2 Å². The van der Waals surface area contributed by atoms with Gasteiger partial charge in [-0.05, 0) is 49.3 Å². The predicted molar refractivity (Wildman–Crippen MR) is 86.7 cm³/mol. The molecule has 2 unspecified atom stereocenters. The van der Waals surface area contributed by atoms with Crippen molar-refractivity contribution in [1.82, 2.24) is 5.32 Å². The quantitative estimate of drug-likeness (QED) is 0.857. The van der Waals surface area contributed by atoms with Crippen molar-refractivity contribution in [3.05, 3.63) is 29.3 Å². The van der Waals surface area contributed by atoms with Crippen LogP contribution in [0.2, 0.25) is 0 Å². The van der Waals surface area contributed by atoms with Crippen molar-refractivity contribution in [2.24, 2.45) is 5.41 Å². The summed E-state index contributed by atoms with van der Waals surface area (Å²) in [5, 5.41) is 3.78. The summed E-state index contributed by atoms with van der Waals surface area (Å²) in [6, 6.07) is 7.37. The molecule has 0 bridgehead atoms. The fourth-order valence-corrected chi connectivity index (χ4v) is 3.36. The molecule has 1 aliphatic rings. The van der Waals surface area contributed by atoms with Gasteiger partial charge >= 0.3 is 0 Å². The number of nitrogens with one attached hydrogen (secondary N) is 1. The molecule has 1 aliphatic carbocycles. The highest BCUT2D eigenvalue weighted by Crippen LogP contribution is 2.38. The van der Waals surface area contributed by atoms with Crippen LogP contribution in [0, 0.1) is 5.41 Å². The molecular formula is C18H29NO2. The van der Waals surface area contributed by atoms with Crippen LogP contribution in [0.3, 0.4) is 0 Å². The normalized spacial score (nSPS) is 22.2. The fourth-order valence-electron chi connectivity index (χ4n) is 3.36. The molecule has 3 nitrogen and oxygen atoms in total. The van der Waals surface area contributed by atoms with Gasteiger partial charge in [0, 0.05) is 24.8 Å². The van der Waals surface area contributed by atoms with E-state index < -0.39 is 0 Å². The van der Waals surface area contributed by atoms with Gasteiger partial charge in [-0.15, -0.1) is 0 Å². The van der Waals surface area contributed by atoms with Crippen LogP contribution in [0.4, 0.5) is 0 Å². The van der Waals surface area contributed by atoms with Crippen molar-refractivity contribution in [3.8, 4) is 5.75 Å². The van der Waals surface area contributed by atoms with Gasteiger partial charge in [-0.25, -0.2) is 0 Å². The van der Waals surface area contributed by atoms with Crippen LogP contribution < -0.4 is 10.1 Å². The molecule has 0 spiro atoms. The molecule has 1 saturated carbocycles. The number of hydrogen-bond acceptors (Lipinski definition) is 3. The molecule has 1 N–H and O–H groups in total. The van der Waals surface area contributed by atoms with Gasteiger partial charge in [0.05, 0.1) is 13.7 Å². The SMILES string of the molecule is COCc1cc(C(C)NC2CCC(C)(C)C2)ccc1OC. The molecule has 0 amide bonds. The van der Waals surface area contributed by atoms with Crippen molar-refractivity contribution in [3.63, 3.8) is 0 Å². The highest BCUT2D eigenvalue weighted by atomic mass is 16.5. The molecule has 0 aliphatic heterocycles. The second kappa shape index (κ2) is 6.80. The summed E-state index contributed by atoms with van der Waals surface area (Å²) in [5.41, 5.74) is 2.89. The molecule has 3 heteroatoms. The Morgan fingerprint density at radius 1 is 1.33 bits per heavy atom. The van der Waals surface area contributed by atoms with Gasteiger partial charge in [-0.2, -0.15) is 0 Å². The second-order valence-corrected chi connectivity index (χ2v) is 7.00. The zero-order valence-corrected chi connectivity index (χ0v) is 14.0. The van der Waals surface area contributed by atoms with Crippen molar-refractivity contribution in [2.75, 3.05) is 14.2 Å². The first-order valence-electron chi connectivity index (χ1n) is 7.87. The Bertz CT molecular complexity index is 470. The lowest BCUT2D eigenvalue weighted by Gasteiger charge is -2.23. The Morgan fingerprint density at radius 3 is 2.67 bits per heavy atom. The van der Waals surface area contributed by atoms with Crippen molar-refractivity contribution in [2.45, 2.75) is 58.7 Å². The Balaban J connectivity index is 2.05. The van der Waals surface area contributed by atoms with E-state index in [1.807, 2.05) is 6.07 Å². The topological polar surface area (TPSA) is 30.5 Å². The fraction of sp³-hybridized carbons (Fsp3) is 0.667. The van der Waals surface area contributed by atoms with Crippen LogP contribution in [0.15, 0.2) is 18.2 Å². The number of methoxy groups -OCH3 is 2. The smallest absolute Gasteiger partial charge is 0.124 e. The summed E-state index contributed by atoms with van der Waals surface area (Å²) < 4.78 is 10.7. The third-order valence-electron chi connectivity index (χ3n) is 4.56. The second-order valence-electron chi connectivity index (χ2n) is 7.00. The van der Waals surface area contributed by atoms with Gasteiger partial charge in [0.15, 0.2) is 0 Å². The van der Waals surface area contributed by atoms with Gasteiger partial charge in [-0.1, -0.05) is 19.9 Å². The number of benzene rings is 1. The molecule has 0 saturated heterocycles. The molecule has 1 fully saturated rings. The number of rotatable bonds is 6. The summed E-state index contributed by atoms with van der Waals surface area (Å²) in [6.07, 6.45) is 3.85. The largest absolute Gasteiger partial charge is 0.496 e. The van der Waals surface area contributed by atoms with Crippen LogP contribution in [-0.4, -0.2) is 20.3 Å². The molecule has 0 radical (unpaired) electrons. The predicted octanol–water partition coefficient (Wildman–Crippen LogP) is 4.07. The molecule has 1 aromatic rings. The lowest BCUT2D eigenvalue weighted by Crippen LogP contribution is -2.30. The number of ether oxygens (including phenoxy) is 2. The average Bonchev–Trinajstić information content (AvgIpc) is 2.78. The van der Waals surface area contributed by atoms with E-state index >= 15 is 0 Å². The molecule has 118 valence electrons. The van der Waals surface area contributed by atoms with E-state index in [0.717, 1.165) is 11.3 Å². The maximum atomic E-state index is 5.39. The highest BCUT2D eigenvalue weighted by Gasteiger charge is 2.31. The molecule has 2 rings (SSSR count). The summed E-state index contributed by atoms with van der Waals surface area (Å²) in [6.45, 7) is 7.55. The Kier molecular flexibility index (Phi) is 5.28. The Morgan fingerprint density at radius 2 is 2.10 bits per heavy atom. The standard InChI is InChI=1S/C18H29NO2/c1-13(19-16-8-9-18(2,3)11-16)14-6-7-17(21-5)15(10-14)12-20-4/h6-7,10,13,16,19H,8-9,11-12H2,1-5H3. The van der Waals surface area contributed by atoms with Crippen molar-refractivity contribution >= 4 is 0 Å². The van der Waals surface area contributed by atoms with E-state index in [4.69, 9.17) is 9.47 Å². The maximum absolute atomic E-state index is 5.39. The zero-order valence-electron chi connectivity index (χ0n) is 14.0. The van der Waals surface area contributed by atoms with E-state index in [1.165, 1.54) is 24.8 Å². The first-order valence-corrected chi connectivity index (χ1v) is 7.87. The lowest BCUT2D eigenvalue weighted by atomic mass is 9.91. The Labute approximate surface area is 129 Å². The van der Waals surface area contributed by atoms with Crippen LogP contribution >= 0.6 is 0 Å². The third-order valence-corrected chi connectivity index (χ3v) is 4.56. The minimum atomic E-state index is 0.352. The number of hydrogen-bond donors (Lipinski definition) is 1. The molecule has 0 heterocycles. The maximum Gasteiger partial charge on any atom is 0.124 e. The zero-order chi connectivity index (χ0) is 15.5. The Hall–Kier alpha value is -1.06. The van der Waals surface area contributed by atoms with Crippen LogP contribution in [0.5, 0.6) is 5.75 Å². The molecular weight excluding hydrogens is 262 g/mol. The third kappa shape index (κ3) is 4.21. The minimum absolute atomic E-state index is 0.352. The minimum Gasteiger partial charge on any atom is -0.496 e. The van der Waals surface area contributed by atoms with Gasteiger partial charge in [0.2, 0.25) is 0 Å². The summed E-state index contributed by atoms with van der Waals surface area (Å²) in [7, 11) is 3.42. The van der Waals surface area contributed by atoms with E-state index in [2.05, 4.69) is 38.2 Å². The van der Waals surface area contributed by atoms with Crippen molar-refractivity contribution < 1.29 is 9.47 Å². The first-order chi connectivity index (χ1) is 9.95. The first kappa shape index (κ1) is 16.3. The summed E-state index contributed by atoms with van der Waals surface area (Å²) in [4.78, 5) is 0. The van der Waals surface area contributed by atoms with Gasteiger partial charge in [0.1, 0.15) is 5.75 Å². The monoisotopic (exact) mass is 291 g/mol. The van der Waals surface area contributed by atoms with Gasteiger partial charge < -0.3 is 14.8 Å². The molecule has 2 atom stereocenters. The lowest BCUT2D eigenvalue weighted by molar-refractivity contribution is 0.181. The van der Waals surface area contributed by atoms with E-state index in [0.29, 0.717) is 24.1 Å². The highest BCUT2D eigenvalue weighted by molar-refractivity contribution is 5.38. The molecule has 21 heavy (non-hydrogen) atoms. The average molecular weight is 291 g/mol. The van der Waals surface area contributed by atoms with Crippen LogP contribution in [-0.2, 0) is 11.3 Å².